The van der Waals surface area contributed by atoms with Crippen molar-refractivity contribution in [2.45, 2.75) is 16.2 Å². The van der Waals surface area contributed by atoms with Gasteiger partial charge in [0.1, 0.15) is 5.82 Å². The predicted molar refractivity (Wildman–Crippen MR) is 70.0 cm³/mol. The SMILES string of the molecule is O=C1Cc2ccccc2Sc2cc(Cl)c(F)cc21. The van der Waals surface area contributed by atoms with Crippen LogP contribution < -0.4 is 0 Å². The zero-order chi connectivity index (χ0) is 12.7. The zero-order valence-corrected chi connectivity index (χ0v) is 10.8. The van der Waals surface area contributed by atoms with E-state index in [1.54, 1.807) is 0 Å². The molecule has 90 valence electrons. The molecule has 0 atom stereocenters. The van der Waals surface area contributed by atoms with E-state index in [0.717, 1.165) is 15.4 Å². The highest BCUT2D eigenvalue weighted by Gasteiger charge is 2.21. The third-order valence-electron chi connectivity index (χ3n) is 2.87. The van der Waals surface area contributed by atoms with E-state index in [1.807, 2.05) is 24.3 Å². The van der Waals surface area contributed by atoms with E-state index in [0.29, 0.717) is 12.0 Å². The summed E-state index contributed by atoms with van der Waals surface area (Å²) in [6.07, 6.45) is 0.303. The molecule has 2 aromatic carbocycles. The van der Waals surface area contributed by atoms with Gasteiger partial charge in [-0.05, 0) is 23.8 Å². The van der Waals surface area contributed by atoms with E-state index in [9.17, 15) is 9.18 Å². The molecule has 0 saturated carbocycles. The Kier molecular flexibility index (Phi) is 2.88. The Morgan fingerprint density at radius 1 is 1.17 bits per heavy atom. The van der Waals surface area contributed by atoms with Crippen LogP contribution in [0.25, 0.3) is 0 Å². The predicted octanol–water partition coefficient (Wildman–Crippen LogP) is 4.37. The summed E-state index contributed by atoms with van der Waals surface area (Å²) >= 11 is 7.23. The fraction of sp³-hybridized carbons (Fsp3) is 0.0714. The summed E-state index contributed by atoms with van der Waals surface area (Å²) in [6.45, 7) is 0. The number of Topliss-reactive ketones (excluding diaryl/α,β-unsaturated/α-hetero) is 1. The highest BCUT2D eigenvalue weighted by molar-refractivity contribution is 7.99. The Hall–Kier alpha value is -1.32. The Balaban J connectivity index is 2.20. The minimum atomic E-state index is -0.546. The highest BCUT2D eigenvalue weighted by Crippen LogP contribution is 2.38. The number of carbonyl (C=O) groups is 1. The summed E-state index contributed by atoms with van der Waals surface area (Å²) in [5.74, 6) is -0.617. The van der Waals surface area contributed by atoms with Crippen molar-refractivity contribution in [1.82, 2.24) is 0 Å². The van der Waals surface area contributed by atoms with Gasteiger partial charge in [0, 0.05) is 21.8 Å². The van der Waals surface area contributed by atoms with Crippen LogP contribution in [-0.4, -0.2) is 5.78 Å². The average Bonchev–Trinajstić information content (AvgIpc) is 2.47. The van der Waals surface area contributed by atoms with Crippen molar-refractivity contribution in [1.29, 1.82) is 0 Å². The number of hydrogen-bond acceptors (Lipinski definition) is 2. The van der Waals surface area contributed by atoms with Gasteiger partial charge in [-0.15, -0.1) is 0 Å². The number of hydrogen-bond donors (Lipinski definition) is 0. The number of rotatable bonds is 0. The van der Waals surface area contributed by atoms with E-state index >= 15 is 0 Å². The molecule has 1 nitrogen and oxygen atoms in total. The van der Waals surface area contributed by atoms with Crippen molar-refractivity contribution < 1.29 is 9.18 Å². The number of carbonyl (C=O) groups excluding carboxylic acids is 1. The molecular formula is C14H8ClFOS. The largest absolute Gasteiger partial charge is 0.294 e. The van der Waals surface area contributed by atoms with Gasteiger partial charge in [0.25, 0.3) is 0 Å². The van der Waals surface area contributed by atoms with Crippen LogP contribution in [0.5, 0.6) is 0 Å². The fourth-order valence-electron chi connectivity index (χ4n) is 1.97. The molecule has 0 unspecified atom stereocenters. The smallest absolute Gasteiger partial charge is 0.168 e. The Bertz CT molecular complexity index is 654. The standard InChI is InChI=1S/C14H8ClFOS/c15-10-7-14-9(6-11(10)16)12(17)5-8-3-1-2-4-13(8)18-14/h1-4,6-7H,5H2. The van der Waals surface area contributed by atoms with Crippen molar-refractivity contribution >= 4 is 29.1 Å². The molecule has 0 amide bonds. The first-order valence-electron chi connectivity index (χ1n) is 5.43. The quantitative estimate of drug-likeness (QED) is 0.712. The summed E-state index contributed by atoms with van der Waals surface area (Å²) in [7, 11) is 0. The van der Waals surface area contributed by atoms with Crippen LogP contribution in [0.4, 0.5) is 4.39 Å². The van der Waals surface area contributed by atoms with Crippen molar-refractivity contribution in [2.24, 2.45) is 0 Å². The first kappa shape index (κ1) is 11.8. The van der Waals surface area contributed by atoms with Gasteiger partial charge in [0.05, 0.1) is 5.02 Å². The fourth-order valence-corrected chi connectivity index (χ4v) is 3.31. The van der Waals surface area contributed by atoms with Crippen molar-refractivity contribution in [3.8, 4) is 0 Å². The summed E-state index contributed by atoms with van der Waals surface area (Å²) < 4.78 is 13.4. The van der Waals surface area contributed by atoms with Crippen LogP contribution in [-0.2, 0) is 6.42 Å². The maximum atomic E-state index is 13.4. The van der Waals surface area contributed by atoms with E-state index < -0.39 is 5.82 Å². The molecule has 0 aromatic heterocycles. The summed E-state index contributed by atoms with van der Waals surface area (Å²) in [4.78, 5) is 13.8. The van der Waals surface area contributed by atoms with Gasteiger partial charge in [-0.25, -0.2) is 4.39 Å². The van der Waals surface area contributed by atoms with Crippen LogP contribution in [0.1, 0.15) is 15.9 Å². The van der Waals surface area contributed by atoms with Crippen LogP contribution in [0.2, 0.25) is 5.02 Å². The third kappa shape index (κ3) is 1.93. The van der Waals surface area contributed by atoms with Crippen LogP contribution >= 0.6 is 23.4 Å². The van der Waals surface area contributed by atoms with Gasteiger partial charge in [0.15, 0.2) is 5.78 Å². The molecular weight excluding hydrogens is 271 g/mol. The molecule has 2 aromatic rings. The average molecular weight is 279 g/mol. The second kappa shape index (κ2) is 4.41. The Morgan fingerprint density at radius 3 is 2.78 bits per heavy atom. The summed E-state index contributed by atoms with van der Waals surface area (Å²) in [6, 6.07) is 10.5. The van der Waals surface area contributed by atoms with Gasteiger partial charge >= 0.3 is 0 Å². The van der Waals surface area contributed by atoms with Crippen LogP contribution in [0.15, 0.2) is 46.2 Å². The van der Waals surface area contributed by atoms with Gasteiger partial charge in [-0.1, -0.05) is 41.6 Å². The molecule has 0 spiro atoms. The summed E-state index contributed by atoms with van der Waals surface area (Å²) in [5.41, 5.74) is 1.39. The van der Waals surface area contributed by atoms with Gasteiger partial charge < -0.3 is 0 Å². The highest BCUT2D eigenvalue weighted by atomic mass is 35.5. The molecule has 4 heteroatoms. The van der Waals surface area contributed by atoms with Gasteiger partial charge in [0.2, 0.25) is 0 Å². The molecule has 18 heavy (non-hydrogen) atoms. The first-order chi connectivity index (χ1) is 8.65. The van der Waals surface area contributed by atoms with E-state index in [2.05, 4.69) is 0 Å². The second-order valence-corrected chi connectivity index (χ2v) is 5.56. The van der Waals surface area contributed by atoms with E-state index in [4.69, 9.17) is 11.6 Å². The monoisotopic (exact) mass is 278 g/mol. The second-order valence-electron chi connectivity index (χ2n) is 4.07. The maximum Gasteiger partial charge on any atom is 0.168 e. The molecule has 0 bridgehead atoms. The lowest BCUT2D eigenvalue weighted by molar-refractivity contribution is 0.0989. The molecule has 1 heterocycles. The molecule has 0 fully saturated rings. The molecule has 1 aliphatic heterocycles. The van der Waals surface area contributed by atoms with Crippen LogP contribution in [0, 0.1) is 5.82 Å². The molecule has 0 radical (unpaired) electrons. The first-order valence-corrected chi connectivity index (χ1v) is 6.62. The topological polar surface area (TPSA) is 17.1 Å². The molecule has 0 aliphatic carbocycles. The molecule has 0 N–H and O–H groups in total. The zero-order valence-electron chi connectivity index (χ0n) is 9.24. The van der Waals surface area contributed by atoms with Crippen molar-refractivity contribution in [3.05, 3.63) is 58.4 Å². The van der Waals surface area contributed by atoms with Crippen molar-refractivity contribution in [2.75, 3.05) is 0 Å². The minimum Gasteiger partial charge on any atom is -0.294 e. The van der Waals surface area contributed by atoms with Crippen LogP contribution in [0.3, 0.4) is 0 Å². The van der Waals surface area contributed by atoms with E-state index in [-0.39, 0.29) is 10.8 Å². The third-order valence-corrected chi connectivity index (χ3v) is 4.33. The lowest BCUT2D eigenvalue weighted by Gasteiger charge is -2.05. The molecule has 0 saturated heterocycles. The summed E-state index contributed by atoms with van der Waals surface area (Å²) in [5, 5.41) is 0.0495. The number of ketones is 1. The van der Waals surface area contributed by atoms with E-state index in [1.165, 1.54) is 23.9 Å². The number of fused-ring (bicyclic) bond motifs is 2. The van der Waals surface area contributed by atoms with Gasteiger partial charge in [-0.2, -0.15) is 0 Å². The molecule has 3 rings (SSSR count). The Morgan fingerprint density at radius 2 is 1.94 bits per heavy atom. The maximum absolute atomic E-state index is 13.4. The van der Waals surface area contributed by atoms with Crippen molar-refractivity contribution in [3.63, 3.8) is 0 Å². The lowest BCUT2D eigenvalue weighted by Crippen LogP contribution is -2.03. The number of halogens is 2. The van der Waals surface area contributed by atoms with Gasteiger partial charge in [-0.3, -0.25) is 4.79 Å². The lowest BCUT2D eigenvalue weighted by atomic mass is 10.0. The Labute approximate surface area is 113 Å². The minimum absolute atomic E-state index is 0.0495. The molecule has 1 aliphatic rings. The number of benzene rings is 2. The normalized spacial score (nSPS) is 13.8.